The number of nitrogens with one attached hydrogen (secondary N) is 1. The molecule has 0 atom stereocenters. The lowest BCUT2D eigenvalue weighted by Gasteiger charge is -2.18. The Morgan fingerprint density at radius 3 is 3.06 bits per heavy atom. The Morgan fingerprint density at radius 2 is 2.39 bits per heavy atom. The van der Waals surface area contributed by atoms with Crippen molar-refractivity contribution in [3.05, 3.63) is 42.1 Å². The Bertz CT molecular complexity index is 525. The van der Waals surface area contributed by atoms with E-state index in [1.54, 1.807) is 0 Å². The fraction of sp³-hybridized carbons (Fsp3) is 0.250. The fourth-order valence-corrected chi connectivity index (χ4v) is 1.69. The molecule has 2 aromatic heterocycles. The van der Waals surface area contributed by atoms with Crippen molar-refractivity contribution in [3.8, 4) is 0 Å². The van der Waals surface area contributed by atoms with E-state index in [2.05, 4.69) is 15.0 Å². The second-order valence-electron chi connectivity index (χ2n) is 3.96. The lowest BCUT2D eigenvalue weighted by atomic mass is 10.2. The van der Waals surface area contributed by atoms with Crippen LogP contribution >= 0.6 is 0 Å². The highest BCUT2D eigenvalue weighted by atomic mass is 16.4. The van der Waals surface area contributed by atoms with Crippen LogP contribution in [0.25, 0.3) is 0 Å². The zero-order valence-electron chi connectivity index (χ0n) is 10.00. The molecule has 18 heavy (non-hydrogen) atoms. The number of likely N-dealkylation sites (N-methyl/N-ethyl adjacent to an activating group) is 1. The van der Waals surface area contributed by atoms with Crippen molar-refractivity contribution in [1.82, 2.24) is 15.0 Å². The smallest absolute Gasteiger partial charge is 0.341 e. The van der Waals surface area contributed by atoms with E-state index in [1.165, 1.54) is 18.1 Å². The maximum absolute atomic E-state index is 11.0. The van der Waals surface area contributed by atoms with Crippen molar-refractivity contribution in [3.63, 3.8) is 0 Å². The number of nitrogens with zero attached hydrogens (tertiary/aromatic N) is 3. The Labute approximate surface area is 104 Å². The van der Waals surface area contributed by atoms with Gasteiger partial charge < -0.3 is 15.0 Å². The van der Waals surface area contributed by atoms with Gasteiger partial charge in [-0.05, 0) is 18.1 Å². The third-order valence-electron chi connectivity index (χ3n) is 2.68. The third kappa shape index (κ3) is 2.65. The molecule has 2 aromatic rings. The normalized spacial score (nSPS) is 10.3. The molecule has 0 fully saturated rings. The fourth-order valence-electron chi connectivity index (χ4n) is 1.69. The second-order valence-corrected chi connectivity index (χ2v) is 3.96. The predicted octanol–water partition coefficient (Wildman–Crippen LogP) is 1.18. The van der Waals surface area contributed by atoms with Crippen LogP contribution < -0.4 is 4.90 Å². The number of carbonyl (C=O) groups is 1. The average Bonchev–Trinajstić information content (AvgIpc) is 2.89. The molecule has 0 radical (unpaired) electrons. The van der Waals surface area contributed by atoms with Crippen LogP contribution in [0.5, 0.6) is 0 Å². The van der Waals surface area contributed by atoms with Crippen molar-refractivity contribution < 1.29 is 9.90 Å². The highest BCUT2D eigenvalue weighted by Crippen LogP contribution is 2.15. The number of anilines is 1. The van der Waals surface area contributed by atoms with E-state index in [1.807, 2.05) is 30.4 Å². The van der Waals surface area contributed by atoms with Crippen molar-refractivity contribution in [2.75, 3.05) is 18.5 Å². The minimum Gasteiger partial charge on any atom is -0.477 e. The summed E-state index contributed by atoms with van der Waals surface area (Å²) in [7, 11) is 1.82. The summed E-state index contributed by atoms with van der Waals surface area (Å²) in [5, 5.41) is 9.06. The van der Waals surface area contributed by atoms with Crippen LogP contribution in [0.4, 0.5) is 5.82 Å². The highest BCUT2D eigenvalue weighted by molar-refractivity contribution is 5.92. The molecule has 0 saturated carbocycles. The lowest BCUT2D eigenvalue weighted by molar-refractivity contribution is 0.0696. The van der Waals surface area contributed by atoms with Gasteiger partial charge >= 0.3 is 5.97 Å². The first-order chi connectivity index (χ1) is 8.68. The zero-order chi connectivity index (χ0) is 13.0. The Kier molecular flexibility index (Phi) is 3.57. The van der Waals surface area contributed by atoms with Gasteiger partial charge in [0.1, 0.15) is 17.7 Å². The first-order valence-corrected chi connectivity index (χ1v) is 5.54. The Morgan fingerprint density at radius 1 is 1.56 bits per heavy atom. The van der Waals surface area contributed by atoms with Crippen molar-refractivity contribution in [2.45, 2.75) is 6.42 Å². The van der Waals surface area contributed by atoms with Crippen molar-refractivity contribution >= 4 is 11.8 Å². The summed E-state index contributed by atoms with van der Waals surface area (Å²) in [5.74, 6) is -0.577. The number of carboxylic acids is 1. The lowest BCUT2D eigenvalue weighted by Crippen LogP contribution is -2.24. The first kappa shape index (κ1) is 12.1. The summed E-state index contributed by atoms with van der Waals surface area (Å²) in [4.78, 5) is 23.6. The maximum atomic E-state index is 11.0. The van der Waals surface area contributed by atoms with Crippen LogP contribution in [0.15, 0.2) is 31.0 Å². The SMILES string of the molecule is CN(CCc1cc[nH]c1)c1ncncc1C(=O)O. The molecule has 0 saturated heterocycles. The van der Waals surface area contributed by atoms with Crippen LogP contribution in [0, 0.1) is 0 Å². The number of hydrogen-bond donors (Lipinski definition) is 2. The van der Waals surface area contributed by atoms with Gasteiger partial charge in [-0.25, -0.2) is 14.8 Å². The minimum atomic E-state index is -1.01. The molecular weight excluding hydrogens is 232 g/mol. The highest BCUT2D eigenvalue weighted by Gasteiger charge is 2.14. The van der Waals surface area contributed by atoms with Gasteiger partial charge in [0.25, 0.3) is 0 Å². The molecule has 0 aliphatic rings. The number of carboxylic acid groups (broad SMARTS) is 1. The number of aromatic amines is 1. The van der Waals surface area contributed by atoms with Crippen LogP contribution in [-0.4, -0.2) is 39.6 Å². The van der Waals surface area contributed by atoms with Crippen LogP contribution in [0.3, 0.4) is 0 Å². The van der Waals surface area contributed by atoms with Gasteiger partial charge in [-0.15, -0.1) is 0 Å². The van der Waals surface area contributed by atoms with Gasteiger partial charge in [-0.3, -0.25) is 0 Å². The summed E-state index contributed by atoms with van der Waals surface area (Å²) in [5.41, 5.74) is 1.29. The molecular formula is C12H14N4O2. The van der Waals surface area contributed by atoms with E-state index in [0.29, 0.717) is 12.4 Å². The predicted molar refractivity (Wildman–Crippen MR) is 66.8 cm³/mol. The molecule has 0 unspecified atom stereocenters. The number of hydrogen-bond acceptors (Lipinski definition) is 4. The average molecular weight is 246 g/mol. The molecule has 0 amide bonds. The van der Waals surface area contributed by atoms with Crippen molar-refractivity contribution in [2.24, 2.45) is 0 Å². The summed E-state index contributed by atoms with van der Waals surface area (Å²) in [6, 6.07) is 1.99. The standard InChI is InChI=1S/C12H14N4O2/c1-16(5-3-9-2-4-13-6-9)11-10(12(17)18)7-14-8-15-11/h2,4,6-8,13H,3,5H2,1H3,(H,17,18). The van der Waals surface area contributed by atoms with Crippen molar-refractivity contribution in [1.29, 1.82) is 0 Å². The Hall–Kier alpha value is -2.37. The van der Waals surface area contributed by atoms with E-state index in [9.17, 15) is 4.79 Å². The Balaban J connectivity index is 2.09. The number of aromatic carboxylic acids is 1. The van der Waals surface area contributed by atoms with Crippen LogP contribution in [0.2, 0.25) is 0 Å². The summed E-state index contributed by atoms with van der Waals surface area (Å²) in [6.45, 7) is 0.690. The summed E-state index contributed by atoms with van der Waals surface area (Å²) < 4.78 is 0. The number of H-pyrrole nitrogens is 1. The number of rotatable bonds is 5. The van der Waals surface area contributed by atoms with Crippen LogP contribution in [-0.2, 0) is 6.42 Å². The second kappa shape index (κ2) is 5.31. The summed E-state index contributed by atoms with van der Waals surface area (Å²) in [6.07, 6.45) is 7.28. The van der Waals surface area contributed by atoms with Gasteiger partial charge in [0.2, 0.25) is 0 Å². The molecule has 2 N–H and O–H groups in total. The molecule has 0 aromatic carbocycles. The van der Waals surface area contributed by atoms with E-state index in [4.69, 9.17) is 5.11 Å². The molecule has 0 aliphatic carbocycles. The van der Waals surface area contributed by atoms with E-state index in [-0.39, 0.29) is 5.56 Å². The van der Waals surface area contributed by atoms with Gasteiger partial charge in [0, 0.05) is 32.2 Å². The van der Waals surface area contributed by atoms with Crippen LogP contribution in [0.1, 0.15) is 15.9 Å². The quantitative estimate of drug-likeness (QED) is 0.827. The van der Waals surface area contributed by atoms with E-state index >= 15 is 0 Å². The van der Waals surface area contributed by atoms with E-state index < -0.39 is 5.97 Å². The molecule has 94 valence electrons. The molecule has 2 rings (SSSR count). The zero-order valence-corrected chi connectivity index (χ0v) is 10.00. The largest absolute Gasteiger partial charge is 0.477 e. The number of aromatic nitrogens is 3. The molecule has 0 aliphatic heterocycles. The molecule has 0 spiro atoms. The molecule has 6 heteroatoms. The van der Waals surface area contributed by atoms with Gasteiger partial charge in [0.05, 0.1) is 0 Å². The molecule has 6 nitrogen and oxygen atoms in total. The van der Waals surface area contributed by atoms with Gasteiger partial charge in [0.15, 0.2) is 0 Å². The molecule has 2 heterocycles. The third-order valence-corrected chi connectivity index (χ3v) is 2.68. The maximum Gasteiger partial charge on any atom is 0.341 e. The summed E-state index contributed by atoms with van der Waals surface area (Å²) >= 11 is 0. The van der Waals surface area contributed by atoms with Gasteiger partial charge in [-0.1, -0.05) is 0 Å². The molecule has 0 bridgehead atoms. The minimum absolute atomic E-state index is 0.120. The van der Waals surface area contributed by atoms with Gasteiger partial charge in [-0.2, -0.15) is 0 Å². The van der Waals surface area contributed by atoms with E-state index in [0.717, 1.165) is 6.42 Å². The topological polar surface area (TPSA) is 82.1 Å². The first-order valence-electron chi connectivity index (χ1n) is 5.54. The monoisotopic (exact) mass is 246 g/mol.